The minimum absolute atomic E-state index is 0.225. The summed E-state index contributed by atoms with van der Waals surface area (Å²) < 4.78 is 25.7. The molecular weight excluding hydrogens is 330 g/mol. The van der Waals surface area contributed by atoms with Crippen LogP contribution in [-0.2, 0) is 4.79 Å². The summed E-state index contributed by atoms with van der Waals surface area (Å²) in [6.07, 6.45) is 3.15. The van der Waals surface area contributed by atoms with Crippen LogP contribution in [-0.4, -0.2) is 44.9 Å². The van der Waals surface area contributed by atoms with Crippen LogP contribution in [0.2, 0.25) is 0 Å². The number of rotatable bonds is 5. The van der Waals surface area contributed by atoms with Crippen LogP contribution < -0.4 is 5.32 Å². The fourth-order valence-electron chi connectivity index (χ4n) is 3.03. The Kier molecular flexibility index (Phi) is 5.40. The number of nitrogens with zero attached hydrogens (tertiary/aromatic N) is 3. The number of anilines is 1. The Bertz CT molecular complexity index is 700. The Labute approximate surface area is 144 Å². The first kappa shape index (κ1) is 17.5. The van der Waals surface area contributed by atoms with Crippen molar-refractivity contribution < 1.29 is 18.7 Å². The highest BCUT2D eigenvalue weighted by molar-refractivity contribution is 5.95. The summed E-state index contributed by atoms with van der Waals surface area (Å²) in [5.41, 5.74) is 1.04. The van der Waals surface area contributed by atoms with Gasteiger partial charge in [0, 0.05) is 13.1 Å². The predicted molar refractivity (Wildman–Crippen MR) is 88.1 cm³/mol. The summed E-state index contributed by atoms with van der Waals surface area (Å²) in [4.78, 5) is 14.8. The van der Waals surface area contributed by atoms with Crippen LogP contribution in [0.1, 0.15) is 31.0 Å². The second-order valence-electron chi connectivity index (χ2n) is 6.06. The minimum Gasteiger partial charge on any atom is -0.393 e. The number of alkyl halides is 2. The maximum Gasteiger partial charge on any atom is 0.333 e. The second-order valence-corrected chi connectivity index (χ2v) is 6.06. The Morgan fingerprint density at radius 2 is 1.92 bits per heavy atom. The Hall–Kier alpha value is -2.32. The number of aliphatic hydroxyl groups excluding tert-OH is 1. The lowest BCUT2D eigenvalue weighted by Gasteiger charge is -2.35. The van der Waals surface area contributed by atoms with Crippen LogP contribution in [0.5, 0.6) is 0 Å². The summed E-state index contributed by atoms with van der Waals surface area (Å²) in [6.45, 7) is -1.58. The van der Waals surface area contributed by atoms with E-state index < -0.39 is 12.6 Å². The minimum atomic E-state index is -2.75. The number of aromatic nitrogens is 2. The van der Waals surface area contributed by atoms with Crippen molar-refractivity contribution in [1.82, 2.24) is 14.7 Å². The van der Waals surface area contributed by atoms with E-state index in [1.807, 2.05) is 35.2 Å². The van der Waals surface area contributed by atoms with Gasteiger partial charge in [-0.25, -0.2) is 4.68 Å². The van der Waals surface area contributed by atoms with Crippen molar-refractivity contribution in [2.45, 2.75) is 31.5 Å². The molecule has 0 aliphatic carbocycles. The third-order valence-corrected chi connectivity index (χ3v) is 4.30. The van der Waals surface area contributed by atoms with E-state index in [0.29, 0.717) is 30.6 Å². The molecule has 25 heavy (non-hydrogen) atoms. The van der Waals surface area contributed by atoms with Crippen molar-refractivity contribution in [3.05, 3.63) is 48.3 Å². The van der Waals surface area contributed by atoms with Crippen molar-refractivity contribution in [3.8, 4) is 0 Å². The van der Waals surface area contributed by atoms with Gasteiger partial charge in [0.2, 0.25) is 5.91 Å². The molecule has 1 aliphatic rings. The number of benzene rings is 1. The number of nitrogens with one attached hydrogen (secondary N) is 1. The van der Waals surface area contributed by atoms with E-state index in [1.165, 1.54) is 6.20 Å². The van der Waals surface area contributed by atoms with E-state index in [-0.39, 0.29) is 17.7 Å². The lowest BCUT2D eigenvalue weighted by molar-refractivity contribution is -0.122. The molecule has 0 radical (unpaired) electrons. The summed E-state index contributed by atoms with van der Waals surface area (Å²) in [6, 6.07) is 8.73. The maximum atomic E-state index is 12.8. The lowest BCUT2D eigenvalue weighted by atomic mass is 10.00. The first-order chi connectivity index (χ1) is 12.0. The van der Waals surface area contributed by atoms with Crippen molar-refractivity contribution in [1.29, 1.82) is 0 Å². The standard InChI is InChI=1S/C17H20F2N4O2/c18-17(19)23-11-13(10-20-23)21-16(25)15(12-4-2-1-3-5-12)22-8-6-14(24)7-9-22/h1-5,10-11,14-15,17,24H,6-9H2,(H,21,25). The monoisotopic (exact) mass is 350 g/mol. The molecule has 3 rings (SSSR count). The average molecular weight is 350 g/mol. The molecule has 2 aromatic rings. The molecule has 1 amide bonds. The largest absolute Gasteiger partial charge is 0.393 e. The molecule has 2 heterocycles. The van der Waals surface area contributed by atoms with Crippen molar-refractivity contribution in [2.24, 2.45) is 0 Å². The fraction of sp³-hybridized carbons (Fsp3) is 0.412. The van der Waals surface area contributed by atoms with Gasteiger partial charge in [0.1, 0.15) is 6.04 Å². The molecule has 2 N–H and O–H groups in total. The number of carbonyl (C=O) groups is 1. The molecule has 0 spiro atoms. The maximum absolute atomic E-state index is 12.8. The first-order valence-electron chi connectivity index (χ1n) is 8.15. The zero-order valence-electron chi connectivity index (χ0n) is 13.6. The van der Waals surface area contributed by atoms with Gasteiger partial charge in [0.05, 0.1) is 24.2 Å². The molecule has 134 valence electrons. The average Bonchev–Trinajstić information content (AvgIpc) is 3.07. The normalized spacial score (nSPS) is 17.6. The highest BCUT2D eigenvalue weighted by Crippen LogP contribution is 2.26. The van der Waals surface area contributed by atoms with Gasteiger partial charge in [-0.2, -0.15) is 13.9 Å². The SMILES string of the molecule is O=C(Nc1cnn(C(F)F)c1)C(c1ccccc1)N1CCC(O)CC1. The van der Waals surface area contributed by atoms with E-state index in [1.54, 1.807) is 0 Å². The Morgan fingerprint density at radius 3 is 2.52 bits per heavy atom. The van der Waals surface area contributed by atoms with Gasteiger partial charge < -0.3 is 10.4 Å². The van der Waals surface area contributed by atoms with Gasteiger partial charge in [-0.05, 0) is 18.4 Å². The Balaban J connectivity index is 1.79. The quantitative estimate of drug-likeness (QED) is 0.869. The van der Waals surface area contributed by atoms with E-state index in [9.17, 15) is 18.7 Å². The predicted octanol–water partition coefficient (Wildman–Crippen LogP) is 2.41. The summed E-state index contributed by atoms with van der Waals surface area (Å²) in [5.74, 6) is -0.309. The van der Waals surface area contributed by atoms with Gasteiger partial charge in [-0.1, -0.05) is 30.3 Å². The summed E-state index contributed by atoms with van der Waals surface area (Å²) in [5, 5.41) is 15.9. The number of amides is 1. The van der Waals surface area contributed by atoms with Crippen molar-refractivity contribution in [2.75, 3.05) is 18.4 Å². The summed E-state index contributed by atoms with van der Waals surface area (Å²) >= 11 is 0. The molecule has 1 atom stereocenters. The highest BCUT2D eigenvalue weighted by Gasteiger charge is 2.30. The number of likely N-dealkylation sites (tertiary alicyclic amines) is 1. The van der Waals surface area contributed by atoms with E-state index in [4.69, 9.17) is 0 Å². The van der Waals surface area contributed by atoms with Crippen LogP contribution in [0, 0.1) is 0 Å². The van der Waals surface area contributed by atoms with Crippen molar-refractivity contribution >= 4 is 11.6 Å². The zero-order chi connectivity index (χ0) is 17.8. The molecule has 1 aromatic heterocycles. The number of hydrogen-bond donors (Lipinski definition) is 2. The van der Waals surface area contributed by atoms with Crippen LogP contribution >= 0.6 is 0 Å². The number of hydrogen-bond acceptors (Lipinski definition) is 4. The summed E-state index contributed by atoms with van der Waals surface area (Å²) in [7, 11) is 0. The molecule has 1 unspecified atom stereocenters. The van der Waals surface area contributed by atoms with E-state index >= 15 is 0 Å². The van der Waals surface area contributed by atoms with Crippen LogP contribution in [0.3, 0.4) is 0 Å². The number of aliphatic hydroxyl groups is 1. The molecule has 1 fully saturated rings. The first-order valence-corrected chi connectivity index (χ1v) is 8.15. The van der Waals surface area contributed by atoms with Crippen LogP contribution in [0.4, 0.5) is 14.5 Å². The number of halogens is 2. The smallest absolute Gasteiger partial charge is 0.333 e. The van der Waals surface area contributed by atoms with Gasteiger partial charge in [-0.15, -0.1) is 0 Å². The zero-order valence-corrected chi connectivity index (χ0v) is 13.6. The number of carbonyl (C=O) groups excluding carboxylic acids is 1. The molecule has 1 aliphatic heterocycles. The van der Waals surface area contributed by atoms with E-state index in [0.717, 1.165) is 11.8 Å². The van der Waals surface area contributed by atoms with Gasteiger partial charge in [0.15, 0.2) is 0 Å². The molecule has 8 heteroatoms. The highest BCUT2D eigenvalue weighted by atomic mass is 19.3. The fourth-order valence-corrected chi connectivity index (χ4v) is 3.03. The third-order valence-electron chi connectivity index (χ3n) is 4.30. The third kappa shape index (κ3) is 4.21. The van der Waals surface area contributed by atoms with Gasteiger partial charge >= 0.3 is 6.55 Å². The van der Waals surface area contributed by atoms with Gasteiger partial charge in [-0.3, -0.25) is 9.69 Å². The van der Waals surface area contributed by atoms with Crippen LogP contribution in [0.15, 0.2) is 42.7 Å². The van der Waals surface area contributed by atoms with Gasteiger partial charge in [0.25, 0.3) is 0 Å². The molecular formula is C17H20F2N4O2. The molecule has 6 nitrogen and oxygen atoms in total. The topological polar surface area (TPSA) is 70.4 Å². The molecule has 0 bridgehead atoms. The number of piperidine rings is 1. The molecule has 1 aromatic carbocycles. The lowest BCUT2D eigenvalue weighted by Crippen LogP contribution is -2.43. The van der Waals surface area contributed by atoms with E-state index in [2.05, 4.69) is 10.4 Å². The van der Waals surface area contributed by atoms with Crippen molar-refractivity contribution in [3.63, 3.8) is 0 Å². The molecule has 0 saturated carbocycles. The second kappa shape index (κ2) is 7.71. The Morgan fingerprint density at radius 1 is 1.24 bits per heavy atom. The van der Waals surface area contributed by atoms with Crippen LogP contribution in [0.25, 0.3) is 0 Å². The molecule has 1 saturated heterocycles.